The molecule has 0 spiro atoms. The lowest BCUT2D eigenvalue weighted by atomic mass is 10.1. The van der Waals surface area contributed by atoms with Crippen molar-refractivity contribution >= 4 is 27.5 Å². The van der Waals surface area contributed by atoms with Crippen molar-refractivity contribution in [2.45, 2.75) is 13.8 Å². The molecule has 0 aliphatic carbocycles. The van der Waals surface area contributed by atoms with Crippen LogP contribution < -0.4 is 14.3 Å². The highest BCUT2D eigenvalue weighted by Gasteiger charge is 2.17. The summed E-state index contributed by atoms with van der Waals surface area (Å²) in [5.41, 5.74) is 3.59. The number of amides is 1. The van der Waals surface area contributed by atoms with Gasteiger partial charge in [-0.2, -0.15) is 4.99 Å². The zero-order valence-electron chi connectivity index (χ0n) is 13.6. The summed E-state index contributed by atoms with van der Waals surface area (Å²) in [4.78, 5) is 17.6. The summed E-state index contributed by atoms with van der Waals surface area (Å²) < 4.78 is 13.8. The fraction of sp³-hybridized carbons (Fsp3) is 0.222. The smallest absolute Gasteiger partial charge is 0.279 e. The van der Waals surface area contributed by atoms with Crippen LogP contribution in [0.2, 0.25) is 0 Å². The third kappa shape index (κ3) is 2.39. The molecule has 0 radical (unpaired) electrons. The van der Waals surface area contributed by atoms with E-state index in [1.807, 2.05) is 55.8 Å². The third-order valence-electron chi connectivity index (χ3n) is 4.12. The fourth-order valence-corrected chi connectivity index (χ4v) is 3.76. The van der Waals surface area contributed by atoms with Crippen LogP contribution in [0.15, 0.2) is 35.3 Å². The van der Waals surface area contributed by atoms with Crippen LogP contribution in [0.1, 0.15) is 21.5 Å². The number of nitrogens with zero attached hydrogens (tertiary/aromatic N) is 2. The van der Waals surface area contributed by atoms with Gasteiger partial charge in [0.25, 0.3) is 5.91 Å². The molecule has 2 heterocycles. The molecule has 0 saturated heterocycles. The highest BCUT2D eigenvalue weighted by Crippen LogP contribution is 2.36. The van der Waals surface area contributed by atoms with Crippen LogP contribution in [0.5, 0.6) is 11.5 Å². The van der Waals surface area contributed by atoms with Crippen molar-refractivity contribution in [3.63, 3.8) is 0 Å². The molecule has 5 nitrogen and oxygen atoms in total. The van der Waals surface area contributed by atoms with Crippen molar-refractivity contribution < 1.29 is 14.3 Å². The van der Waals surface area contributed by atoms with E-state index in [1.54, 1.807) is 0 Å². The maximum absolute atomic E-state index is 12.6. The Morgan fingerprint density at radius 2 is 1.92 bits per heavy atom. The van der Waals surface area contributed by atoms with Gasteiger partial charge in [-0.25, -0.2) is 0 Å². The van der Waals surface area contributed by atoms with E-state index in [2.05, 4.69) is 4.99 Å². The minimum absolute atomic E-state index is 0.224. The van der Waals surface area contributed by atoms with Gasteiger partial charge in [0.2, 0.25) is 6.79 Å². The Labute approximate surface area is 142 Å². The molecule has 0 fully saturated rings. The Bertz CT molecular complexity index is 1050. The van der Waals surface area contributed by atoms with E-state index in [4.69, 9.17) is 9.47 Å². The topological polar surface area (TPSA) is 52.8 Å². The molecule has 1 aromatic heterocycles. The van der Waals surface area contributed by atoms with Gasteiger partial charge in [-0.3, -0.25) is 4.79 Å². The lowest BCUT2D eigenvalue weighted by Gasteiger charge is -2.02. The molecule has 0 bridgehead atoms. The third-order valence-corrected chi connectivity index (χ3v) is 5.22. The van der Waals surface area contributed by atoms with Crippen molar-refractivity contribution in [3.05, 3.63) is 51.8 Å². The first kappa shape index (κ1) is 15.0. The molecule has 0 unspecified atom stereocenters. The zero-order chi connectivity index (χ0) is 16.8. The number of fused-ring (bicyclic) bond motifs is 2. The number of thiazole rings is 1. The predicted molar refractivity (Wildman–Crippen MR) is 92.7 cm³/mol. The maximum atomic E-state index is 12.6. The quantitative estimate of drug-likeness (QED) is 0.683. The monoisotopic (exact) mass is 340 g/mol. The van der Waals surface area contributed by atoms with E-state index < -0.39 is 0 Å². The normalized spacial score (nSPS) is 13.7. The molecule has 0 atom stereocenters. The summed E-state index contributed by atoms with van der Waals surface area (Å²) in [5, 5.41) is 0. The second-order valence-corrected chi connectivity index (χ2v) is 6.86. The molecule has 4 rings (SSSR count). The minimum atomic E-state index is -0.224. The van der Waals surface area contributed by atoms with Crippen molar-refractivity contribution in [1.29, 1.82) is 0 Å². The van der Waals surface area contributed by atoms with E-state index in [1.165, 1.54) is 11.3 Å². The number of benzene rings is 2. The van der Waals surface area contributed by atoms with Gasteiger partial charge in [0, 0.05) is 24.7 Å². The second kappa shape index (κ2) is 5.49. The van der Waals surface area contributed by atoms with Gasteiger partial charge in [-0.05, 0) is 25.5 Å². The number of aryl methyl sites for hydroxylation is 3. The number of carbonyl (C=O) groups excluding carboxylic acids is 1. The van der Waals surface area contributed by atoms with E-state index >= 15 is 0 Å². The molecular weight excluding hydrogens is 324 g/mol. The van der Waals surface area contributed by atoms with Crippen LogP contribution in [0, 0.1) is 13.8 Å². The van der Waals surface area contributed by atoms with Gasteiger partial charge in [0.15, 0.2) is 16.3 Å². The average molecular weight is 340 g/mol. The van der Waals surface area contributed by atoms with Crippen LogP contribution in [-0.2, 0) is 7.05 Å². The maximum Gasteiger partial charge on any atom is 0.279 e. The standard InChI is InChI=1S/C18H16N2O3S/c1-10-4-5-11(2)12(6-10)17(21)19-18-20(3)13-7-14-15(23-9-22-14)8-16(13)24-18/h4-8H,9H2,1-3H3. The summed E-state index contributed by atoms with van der Waals surface area (Å²) in [7, 11) is 1.90. The summed E-state index contributed by atoms with van der Waals surface area (Å²) >= 11 is 1.46. The lowest BCUT2D eigenvalue weighted by molar-refractivity contribution is 0.0997. The van der Waals surface area contributed by atoms with Crippen molar-refractivity contribution in [2.24, 2.45) is 12.0 Å². The summed E-state index contributed by atoms with van der Waals surface area (Å²) in [6.07, 6.45) is 0. The Kier molecular flexibility index (Phi) is 3.42. The summed E-state index contributed by atoms with van der Waals surface area (Å²) in [6, 6.07) is 9.68. The molecule has 1 aliphatic rings. The first-order valence-electron chi connectivity index (χ1n) is 7.58. The molecule has 24 heavy (non-hydrogen) atoms. The summed E-state index contributed by atoms with van der Waals surface area (Å²) in [6.45, 7) is 4.14. The Hall–Kier alpha value is -2.60. The van der Waals surface area contributed by atoms with E-state index in [-0.39, 0.29) is 12.7 Å². The van der Waals surface area contributed by atoms with Crippen molar-refractivity contribution in [2.75, 3.05) is 6.79 Å². The lowest BCUT2D eigenvalue weighted by Crippen LogP contribution is -2.13. The van der Waals surface area contributed by atoms with Crippen LogP contribution >= 0.6 is 11.3 Å². The molecule has 3 aromatic rings. The predicted octanol–water partition coefficient (Wildman–Crippen LogP) is 3.33. The number of carbonyl (C=O) groups is 1. The molecule has 1 amide bonds. The van der Waals surface area contributed by atoms with Gasteiger partial charge in [-0.15, -0.1) is 0 Å². The average Bonchev–Trinajstić information content (AvgIpc) is 3.12. The Morgan fingerprint density at radius 1 is 1.17 bits per heavy atom. The molecule has 1 aliphatic heterocycles. The number of hydrogen-bond donors (Lipinski definition) is 0. The molecular formula is C18H16N2O3S. The van der Waals surface area contributed by atoms with Crippen LogP contribution in [-0.4, -0.2) is 17.3 Å². The first-order valence-corrected chi connectivity index (χ1v) is 8.40. The van der Waals surface area contributed by atoms with Gasteiger partial charge in [-0.1, -0.05) is 29.0 Å². The number of aromatic nitrogens is 1. The highest BCUT2D eigenvalue weighted by molar-refractivity contribution is 7.16. The van der Waals surface area contributed by atoms with Crippen LogP contribution in [0.25, 0.3) is 10.2 Å². The fourth-order valence-electron chi connectivity index (χ4n) is 2.74. The van der Waals surface area contributed by atoms with E-state index in [0.717, 1.165) is 32.8 Å². The molecule has 0 saturated carbocycles. The van der Waals surface area contributed by atoms with Crippen molar-refractivity contribution in [3.8, 4) is 11.5 Å². The van der Waals surface area contributed by atoms with Crippen LogP contribution in [0.3, 0.4) is 0 Å². The van der Waals surface area contributed by atoms with Gasteiger partial charge in [0.1, 0.15) is 0 Å². The second-order valence-electron chi connectivity index (χ2n) is 5.85. The highest BCUT2D eigenvalue weighted by atomic mass is 32.1. The van der Waals surface area contributed by atoms with E-state index in [9.17, 15) is 4.79 Å². The summed E-state index contributed by atoms with van der Waals surface area (Å²) in [5.74, 6) is 1.23. The number of rotatable bonds is 1. The Morgan fingerprint density at radius 3 is 2.71 bits per heavy atom. The van der Waals surface area contributed by atoms with Gasteiger partial charge in [0.05, 0.1) is 10.2 Å². The molecule has 2 aromatic carbocycles. The molecule has 6 heteroatoms. The minimum Gasteiger partial charge on any atom is -0.454 e. The van der Waals surface area contributed by atoms with Crippen molar-refractivity contribution in [1.82, 2.24) is 4.57 Å². The molecule has 0 N–H and O–H groups in total. The molecule has 122 valence electrons. The first-order chi connectivity index (χ1) is 11.5. The van der Waals surface area contributed by atoms with Gasteiger partial charge >= 0.3 is 0 Å². The van der Waals surface area contributed by atoms with Crippen LogP contribution in [0.4, 0.5) is 0 Å². The Balaban J connectivity index is 1.84. The van der Waals surface area contributed by atoms with Gasteiger partial charge < -0.3 is 14.0 Å². The zero-order valence-corrected chi connectivity index (χ0v) is 14.4. The number of ether oxygens (including phenoxy) is 2. The SMILES string of the molecule is Cc1ccc(C)c(C(=O)N=c2sc3cc4c(cc3n2C)OCO4)c1. The number of hydrogen-bond acceptors (Lipinski definition) is 4. The van der Waals surface area contributed by atoms with E-state index in [0.29, 0.717) is 10.4 Å². The largest absolute Gasteiger partial charge is 0.454 e.